The first-order valence-electron chi connectivity index (χ1n) is 5.85. The van der Waals surface area contributed by atoms with Gasteiger partial charge in [0.1, 0.15) is 0 Å². The maximum atomic E-state index is 10.0. The van der Waals surface area contributed by atoms with Gasteiger partial charge in [-0.15, -0.1) is 0 Å². The van der Waals surface area contributed by atoms with Crippen LogP contribution in [0.1, 0.15) is 59.8 Å². The van der Waals surface area contributed by atoms with E-state index in [2.05, 4.69) is 27.7 Å². The highest BCUT2D eigenvalue weighted by molar-refractivity contribution is 4.72. The number of aliphatic hydroxyl groups excluding tert-OH is 1. The fourth-order valence-electron chi connectivity index (χ4n) is 1.79. The number of hydrogen-bond donors (Lipinski definition) is 1. The van der Waals surface area contributed by atoms with Gasteiger partial charge in [0.15, 0.2) is 0 Å². The van der Waals surface area contributed by atoms with Crippen LogP contribution in [-0.4, -0.2) is 11.2 Å². The van der Waals surface area contributed by atoms with Crippen LogP contribution in [-0.2, 0) is 0 Å². The molecule has 0 aromatic rings. The highest BCUT2D eigenvalue weighted by Gasteiger charge is 2.21. The van der Waals surface area contributed by atoms with Gasteiger partial charge in [0, 0.05) is 0 Å². The zero-order valence-corrected chi connectivity index (χ0v) is 9.71. The molecule has 0 aliphatic heterocycles. The molecule has 0 aliphatic rings. The molecule has 0 heterocycles. The average Bonchev–Trinajstić information content (AvgIpc) is 2.17. The van der Waals surface area contributed by atoms with Gasteiger partial charge in [-0.1, -0.05) is 53.4 Å². The van der Waals surface area contributed by atoms with E-state index in [4.69, 9.17) is 0 Å². The summed E-state index contributed by atoms with van der Waals surface area (Å²) in [4.78, 5) is 0. The predicted molar refractivity (Wildman–Crippen MR) is 58.8 cm³/mol. The van der Waals surface area contributed by atoms with Crippen molar-refractivity contribution in [1.29, 1.82) is 0 Å². The van der Waals surface area contributed by atoms with E-state index >= 15 is 0 Å². The van der Waals surface area contributed by atoms with Gasteiger partial charge in [-0.25, -0.2) is 0 Å². The monoisotopic (exact) mass is 186 g/mol. The number of rotatable bonds is 7. The molecule has 3 unspecified atom stereocenters. The number of aliphatic hydroxyl groups is 1. The Morgan fingerprint density at radius 2 is 1.69 bits per heavy atom. The van der Waals surface area contributed by atoms with Crippen molar-refractivity contribution in [3.05, 3.63) is 0 Å². The number of hydrogen-bond acceptors (Lipinski definition) is 1. The maximum absolute atomic E-state index is 10.0. The molecule has 0 radical (unpaired) electrons. The van der Waals surface area contributed by atoms with Gasteiger partial charge in [0.05, 0.1) is 6.10 Å². The summed E-state index contributed by atoms with van der Waals surface area (Å²) in [5.41, 5.74) is 0. The van der Waals surface area contributed by atoms with Crippen LogP contribution in [0.3, 0.4) is 0 Å². The lowest BCUT2D eigenvalue weighted by atomic mass is 9.85. The van der Waals surface area contributed by atoms with Crippen LogP contribution < -0.4 is 0 Å². The minimum Gasteiger partial charge on any atom is -0.393 e. The zero-order chi connectivity index (χ0) is 10.3. The van der Waals surface area contributed by atoms with E-state index in [0.717, 1.165) is 12.8 Å². The molecule has 1 nitrogen and oxygen atoms in total. The fraction of sp³-hybridized carbons (Fsp3) is 1.00. The molecule has 0 aromatic carbocycles. The molecule has 0 spiro atoms. The Morgan fingerprint density at radius 1 is 1.08 bits per heavy atom. The van der Waals surface area contributed by atoms with Crippen molar-refractivity contribution in [2.24, 2.45) is 11.8 Å². The van der Waals surface area contributed by atoms with Crippen molar-refractivity contribution in [3.63, 3.8) is 0 Å². The molecule has 0 bridgehead atoms. The summed E-state index contributed by atoms with van der Waals surface area (Å²) in [6.45, 7) is 8.70. The standard InChI is InChI=1S/C12H26O/c1-5-8-9-11(7-3)12(13)10(4)6-2/h10-13H,5-9H2,1-4H3. The van der Waals surface area contributed by atoms with Crippen LogP contribution in [0.5, 0.6) is 0 Å². The quantitative estimate of drug-likeness (QED) is 0.644. The predicted octanol–water partition coefficient (Wildman–Crippen LogP) is 3.61. The lowest BCUT2D eigenvalue weighted by molar-refractivity contribution is 0.0488. The van der Waals surface area contributed by atoms with Crippen molar-refractivity contribution < 1.29 is 5.11 Å². The zero-order valence-electron chi connectivity index (χ0n) is 9.71. The van der Waals surface area contributed by atoms with E-state index in [-0.39, 0.29) is 6.10 Å². The van der Waals surface area contributed by atoms with E-state index in [1.54, 1.807) is 0 Å². The van der Waals surface area contributed by atoms with E-state index in [1.807, 2.05) is 0 Å². The highest BCUT2D eigenvalue weighted by Crippen LogP contribution is 2.23. The van der Waals surface area contributed by atoms with Crippen LogP contribution in [0.25, 0.3) is 0 Å². The third-order valence-corrected chi connectivity index (χ3v) is 3.16. The fourth-order valence-corrected chi connectivity index (χ4v) is 1.79. The van der Waals surface area contributed by atoms with Gasteiger partial charge >= 0.3 is 0 Å². The lowest BCUT2D eigenvalue weighted by Gasteiger charge is -2.26. The first-order valence-corrected chi connectivity index (χ1v) is 5.85. The summed E-state index contributed by atoms with van der Waals surface area (Å²) in [5.74, 6) is 0.983. The van der Waals surface area contributed by atoms with E-state index < -0.39 is 0 Å². The third kappa shape index (κ3) is 4.66. The van der Waals surface area contributed by atoms with E-state index in [9.17, 15) is 5.11 Å². The Bertz CT molecular complexity index is 112. The summed E-state index contributed by atoms with van der Waals surface area (Å²) < 4.78 is 0. The van der Waals surface area contributed by atoms with Gasteiger partial charge < -0.3 is 5.11 Å². The molecular weight excluding hydrogens is 160 g/mol. The minimum atomic E-state index is -0.0819. The Balaban J connectivity index is 3.90. The Kier molecular flexibility index (Phi) is 7.35. The molecule has 0 rings (SSSR count). The van der Waals surface area contributed by atoms with Crippen molar-refractivity contribution >= 4 is 0 Å². The van der Waals surface area contributed by atoms with Crippen LogP contribution in [0, 0.1) is 11.8 Å². The topological polar surface area (TPSA) is 20.2 Å². The van der Waals surface area contributed by atoms with Gasteiger partial charge in [-0.05, 0) is 18.3 Å². The molecule has 0 aliphatic carbocycles. The average molecular weight is 186 g/mol. The summed E-state index contributed by atoms with van der Waals surface area (Å²) in [5, 5.41) is 10.0. The van der Waals surface area contributed by atoms with Crippen molar-refractivity contribution in [1.82, 2.24) is 0 Å². The van der Waals surface area contributed by atoms with Crippen LogP contribution >= 0.6 is 0 Å². The second kappa shape index (κ2) is 7.37. The minimum absolute atomic E-state index is 0.0819. The van der Waals surface area contributed by atoms with Crippen LogP contribution in [0.4, 0.5) is 0 Å². The molecule has 1 heteroatoms. The molecule has 0 amide bonds. The first-order chi connectivity index (χ1) is 6.17. The lowest BCUT2D eigenvalue weighted by Crippen LogP contribution is -2.26. The normalized spacial score (nSPS) is 18.2. The van der Waals surface area contributed by atoms with Crippen LogP contribution in [0.2, 0.25) is 0 Å². The van der Waals surface area contributed by atoms with Crippen molar-refractivity contribution in [2.45, 2.75) is 65.9 Å². The molecule has 1 N–H and O–H groups in total. The number of unbranched alkanes of at least 4 members (excludes halogenated alkanes) is 1. The second-order valence-electron chi connectivity index (χ2n) is 4.19. The summed E-state index contributed by atoms with van der Waals surface area (Å²) in [6, 6.07) is 0. The molecular formula is C12H26O. The molecule has 13 heavy (non-hydrogen) atoms. The molecule has 0 fully saturated rings. The molecule has 0 saturated heterocycles. The SMILES string of the molecule is CCCCC(CC)C(O)C(C)CC. The van der Waals surface area contributed by atoms with Crippen molar-refractivity contribution in [3.8, 4) is 0 Å². The highest BCUT2D eigenvalue weighted by atomic mass is 16.3. The molecule has 3 atom stereocenters. The summed E-state index contributed by atoms with van der Waals surface area (Å²) in [7, 11) is 0. The smallest absolute Gasteiger partial charge is 0.0593 e. The van der Waals surface area contributed by atoms with E-state index in [0.29, 0.717) is 11.8 Å². The van der Waals surface area contributed by atoms with Gasteiger partial charge in [-0.2, -0.15) is 0 Å². The largest absolute Gasteiger partial charge is 0.393 e. The molecule has 0 aromatic heterocycles. The summed E-state index contributed by atoms with van der Waals surface area (Å²) >= 11 is 0. The Labute approximate surface area is 83.5 Å². The first kappa shape index (κ1) is 13.0. The van der Waals surface area contributed by atoms with Crippen LogP contribution in [0.15, 0.2) is 0 Å². The second-order valence-corrected chi connectivity index (χ2v) is 4.19. The van der Waals surface area contributed by atoms with Gasteiger partial charge in [0.25, 0.3) is 0 Å². The van der Waals surface area contributed by atoms with Crippen molar-refractivity contribution in [2.75, 3.05) is 0 Å². The molecule has 80 valence electrons. The van der Waals surface area contributed by atoms with Gasteiger partial charge in [-0.3, -0.25) is 0 Å². The Morgan fingerprint density at radius 3 is 2.08 bits per heavy atom. The van der Waals surface area contributed by atoms with Gasteiger partial charge in [0.2, 0.25) is 0 Å². The summed E-state index contributed by atoms with van der Waals surface area (Å²) in [6.07, 6.45) is 5.81. The molecule has 0 saturated carbocycles. The van der Waals surface area contributed by atoms with E-state index in [1.165, 1.54) is 19.3 Å². The maximum Gasteiger partial charge on any atom is 0.0593 e. The third-order valence-electron chi connectivity index (χ3n) is 3.16. The Hall–Kier alpha value is -0.0400.